The van der Waals surface area contributed by atoms with Crippen LogP contribution in [0.25, 0.3) is 10.8 Å². The second-order valence-corrected chi connectivity index (χ2v) is 7.28. The molecule has 0 aliphatic carbocycles. The molecule has 10 heteroatoms. The monoisotopic (exact) mass is 411 g/mol. The molecule has 0 fully saturated rings. The van der Waals surface area contributed by atoms with Gasteiger partial charge in [-0.05, 0) is 26.8 Å². The lowest BCUT2D eigenvalue weighted by Gasteiger charge is -2.19. The first-order valence-electron chi connectivity index (χ1n) is 8.31. The van der Waals surface area contributed by atoms with E-state index < -0.39 is 29.9 Å². The van der Waals surface area contributed by atoms with E-state index >= 15 is 0 Å². The van der Waals surface area contributed by atoms with Crippen molar-refractivity contribution in [3.63, 3.8) is 0 Å². The van der Waals surface area contributed by atoms with E-state index in [9.17, 15) is 22.8 Å². The molecule has 0 aliphatic rings. The van der Waals surface area contributed by atoms with E-state index in [1.807, 2.05) is 0 Å². The van der Waals surface area contributed by atoms with Gasteiger partial charge in [-0.2, -0.15) is 18.3 Å². The SMILES string of the molecule is Cc1csc(C(OC(=O)c2nn(C(C)C)c(=O)c3ccccc23)C(F)(F)F)n1. The summed E-state index contributed by atoms with van der Waals surface area (Å²) < 4.78 is 46.3. The summed E-state index contributed by atoms with van der Waals surface area (Å²) in [4.78, 5) is 29.0. The number of esters is 1. The maximum absolute atomic E-state index is 13.5. The van der Waals surface area contributed by atoms with Gasteiger partial charge >= 0.3 is 12.1 Å². The van der Waals surface area contributed by atoms with Crippen LogP contribution in [-0.4, -0.2) is 26.9 Å². The Labute approximate surface area is 161 Å². The van der Waals surface area contributed by atoms with Gasteiger partial charge in [0.15, 0.2) is 5.69 Å². The fraction of sp³-hybridized carbons (Fsp3) is 0.333. The molecule has 0 spiro atoms. The average Bonchev–Trinajstić information content (AvgIpc) is 3.04. The Morgan fingerprint density at radius 3 is 2.39 bits per heavy atom. The van der Waals surface area contributed by atoms with E-state index in [1.165, 1.54) is 17.5 Å². The Kier molecular flexibility index (Phi) is 5.24. The first-order chi connectivity index (χ1) is 13.1. The Morgan fingerprint density at radius 2 is 1.86 bits per heavy atom. The molecule has 148 valence electrons. The minimum Gasteiger partial charge on any atom is -0.440 e. The maximum atomic E-state index is 13.5. The summed E-state index contributed by atoms with van der Waals surface area (Å²) >= 11 is 0.752. The Bertz CT molecular complexity index is 1090. The van der Waals surface area contributed by atoms with Crippen LogP contribution in [0, 0.1) is 6.92 Å². The summed E-state index contributed by atoms with van der Waals surface area (Å²) in [5, 5.41) is 5.35. The number of ether oxygens (including phenoxy) is 1. The first kappa shape index (κ1) is 20.0. The van der Waals surface area contributed by atoms with Crippen LogP contribution in [0.2, 0.25) is 0 Å². The molecule has 0 radical (unpaired) electrons. The van der Waals surface area contributed by atoms with Gasteiger partial charge in [0.05, 0.1) is 11.4 Å². The average molecular weight is 411 g/mol. The number of alkyl halides is 3. The fourth-order valence-electron chi connectivity index (χ4n) is 2.62. The lowest BCUT2D eigenvalue weighted by molar-refractivity contribution is -0.207. The van der Waals surface area contributed by atoms with Crippen molar-refractivity contribution in [3.05, 3.63) is 56.4 Å². The highest BCUT2D eigenvalue weighted by Gasteiger charge is 2.46. The smallest absolute Gasteiger partial charge is 0.432 e. The lowest BCUT2D eigenvalue weighted by Crippen LogP contribution is -2.30. The molecular weight excluding hydrogens is 395 g/mol. The molecule has 0 saturated heterocycles. The van der Waals surface area contributed by atoms with Crippen molar-refractivity contribution in [2.24, 2.45) is 0 Å². The fourth-order valence-corrected chi connectivity index (χ4v) is 3.47. The third-order valence-corrected chi connectivity index (χ3v) is 4.90. The predicted molar refractivity (Wildman–Crippen MR) is 97.5 cm³/mol. The summed E-state index contributed by atoms with van der Waals surface area (Å²) in [6.07, 6.45) is -7.36. The number of thiazole rings is 1. The van der Waals surface area contributed by atoms with Crippen LogP contribution in [0.5, 0.6) is 0 Å². The third-order valence-electron chi connectivity index (χ3n) is 3.89. The molecule has 1 atom stereocenters. The highest BCUT2D eigenvalue weighted by molar-refractivity contribution is 7.09. The number of hydrogen-bond donors (Lipinski definition) is 0. The Hall–Kier alpha value is -2.75. The van der Waals surface area contributed by atoms with Crippen LogP contribution >= 0.6 is 11.3 Å². The Morgan fingerprint density at radius 1 is 1.21 bits per heavy atom. The van der Waals surface area contributed by atoms with Crippen LogP contribution in [0.15, 0.2) is 34.4 Å². The van der Waals surface area contributed by atoms with Crippen LogP contribution in [-0.2, 0) is 4.74 Å². The summed E-state index contributed by atoms with van der Waals surface area (Å²) in [5.41, 5.74) is -0.404. The second kappa shape index (κ2) is 7.34. The zero-order chi connectivity index (χ0) is 20.6. The quantitative estimate of drug-likeness (QED) is 0.602. The molecular formula is C18H16F3N3O3S. The molecule has 6 nitrogen and oxygen atoms in total. The topological polar surface area (TPSA) is 74.1 Å². The van der Waals surface area contributed by atoms with E-state index in [2.05, 4.69) is 10.1 Å². The summed E-state index contributed by atoms with van der Waals surface area (Å²) in [7, 11) is 0. The maximum Gasteiger partial charge on any atom is 0.432 e. The van der Waals surface area contributed by atoms with Gasteiger partial charge < -0.3 is 4.74 Å². The molecule has 0 N–H and O–H groups in total. The molecule has 3 aromatic rings. The van der Waals surface area contributed by atoms with E-state index in [0.717, 1.165) is 16.0 Å². The first-order valence-corrected chi connectivity index (χ1v) is 9.19. The van der Waals surface area contributed by atoms with Crippen molar-refractivity contribution < 1.29 is 22.7 Å². The van der Waals surface area contributed by atoms with E-state index in [0.29, 0.717) is 5.69 Å². The molecule has 0 amide bonds. The van der Waals surface area contributed by atoms with Crippen LogP contribution in [0.4, 0.5) is 13.2 Å². The minimum absolute atomic E-state index is 0.130. The van der Waals surface area contributed by atoms with Crippen molar-refractivity contribution in [1.82, 2.24) is 14.8 Å². The van der Waals surface area contributed by atoms with Gasteiger partial charge in [0.2, 0.25) is 6.10 Å². The molecule has 1 unspecified atom stereocenters. The largest absolute Gasteiger partial charge is 0.440 e. The predicted octanol–water partition coefficient (Wildman–Crippen LogP) is 4.20. The molecule has 2 aromatic heterocycles. The summed E-state index contributed by atoms with van der Waals surface area (Å²) in [5.74, 6) is -1.28. The van der Waals surface area contributed by atoms with Gasteiger partial charge in [0.1, 0.15) is 5.01 Å². The molecule has 2 heterocycles. The number of aryl methyl sites for hydroxylation is 1. The van der Waals surface area contributed by atoms with E-state index in [4.69, 9.17) is 4.74 Å². The minimum atomic E-state index is -4.84. The molecule has 0 saturated carbocycles. The number of nitrogens with zero attached hydrogens (tertiary/aromatic N) is 3. The molecule has 1 aromatic carbocycles. The van der Waals surface area contributed by atoms with E-state index in [1.54, 1.807) is 32.9 Å². The zero-order valence-electron chi connectivity index (χ0n) is 15.1. The highest BCUT2D eigenvalue weighted by Crippen LogP contribution is 2.38. The molecule has 28 heavy (non-hydrogen) atoms. The van der Waals surface area contributed by atoms with Gasteiger partial charge in [0.25, 0.3) is 5.56 Å². The number of benzene rings is 1. The van der Waals surface area contributed by atoms with E-state index in [-0.39, 0.29) is 21.5 Å². The molecule has 0 aliphatic heterocycles. The van der Waals surface area contributed by atoms with Crippen molar-refractivity contribution >= 4 is 28.1 Å². The highest BCUT2D eigenvalue weighted by atomic mass is 32.1. The number of hydrogen-bond acceptors (Lipinski definition) is 6. The van der Waals surface area contributed by atoms with Gasteiger partial charge in [-0.25, -0.2) is 14.5 Å². The number of aromatic nitrogens is 3. The zero-order valence-corrected chi connectivity index (χ0v) is 16.0. The number of carbonyl (C=O) groups excluding carboxylic acids is 1. The number of fused-ring (bicyclic) bond motifs is 1. The van der Waals surface area contributed by atoms with Crippen LogP contribution in [0.3, 0.4) is 0 Å². The molecule has 3 rings (SSSR count). The summed E-state index contributed by atoms with van der Waals surface area (Å²) in [6, 6.07) is 5.69. The van der Waals surface area contributed by atoms with Crippen molar-refractivity contribution in [2.45, 2.75) is 39.1 Å². The molecule has 0 bridgehead atoms. The van der Waals surface area contributed by atoms with Crippen molar-refractivity contribution in [2.75, 3.05) is 0 Å². The van der Waals surface area contributed by atoms with Gasteiger partial charge in [0, 0.05) is 16.5 Å². The van der Waals surface area contributed by atoms with Crippen LogP contribution in [0.1, 0.15) is 47.2 Å². The van der Waals surface area contributed by atoms with Gasteiger partial charge in [-0.15, -0.1) is 11.3 Å². The standard InChI is InChI=1S/C18H16F3N3O3S/c1-9(2)24-16(25)12-7-5-4-6-11(12)13(23-24)17(26)27-14(18(19,20)21)15-22-10(3)8-28-15/h4-9,14H,1-3H3. The normalized spacial score (nSPS) is 13.1. The van der Waals surface area contributed by atoms with Crippen LogP contribution < -0.4 is 5.56 Å². The second-order valence-electron chi connectivity index (χ2n) is 6.39. The number of halogens is 3. The van der Waals surface area contributed by atoms with Gasteiger partial charge in [-0.1, -0.05) is 18.2 Å². The van der Waals surface area contributed by atoms with Crippen molar-refractivity contribution in [3.8, 4) is 0 Å². The number of rotatable bonds is 4. The lowest BCUT2D eigenvalue weighted by atomic mass is 10.1. The van der Waals surface area contributed by atoms with Gasteiger partial charge in [-0.3, -0.25) is 4.79 Å². The number of carbonyl (C=O) groups is 1. The van der Waals surface area contributed by atoms with Crippen molar-refractivity contribution in [1.29, 1.82) is 0 Å². The third kappa shape index (κ3) is 3.77. The Balaban J connectivity index is 2.10. The summed E-state index contributed by atoms with van der Waals surface area (Å²) in [6.45, 7) is 4.90.